The molecule has 0 aromatic carbocycles. The largest absolute Gasteiger partial charge is 0.314 e. The van der Waals surface area contributed by atoms with E-state index in [0.29, 0.717) is 0 Å². The van der Waals surface area contributed by atoms with Gasteiger partial charge in [0.2, 0.25) is 0 Å². The second kappa shape index (κ2) is 5.50. The van der Waals surface area contributed by atoms with E-state index in [-0.39, 0.29) is 0 Å². The molecule has 0 aromatic heterocycles. The van der Waals surface area contributed by atoms with E-state index in [0.717, 1.165) is 24.0 Å². The summed E-state index contributed by atoms with van der Waals surface area (Å²) in [6, 6.07) is 2.52. The fourth-order valence-corrected chi connectivity index (χ4v) is 3.29. The Bertz CT molecular complexity index is 217. The lowest BCUT2D eigenvalue weighted by atomic mass is 9.97. The van der Waals surface area contributed by atoms with Crippen LogP contribution in [-0.4, -0.2) is 36.1 Å². The van der Waals surface area contributed by atoms with Gasteiger partial charge in [0.1, 0.15) is 0 Å². The molecule has 0 aromatic rings. The van der Waals surface area contributed by atoms with E-state index in [1.807, 2.05) is 0 Å². The van der Waals surface area contributed by atoms with Gasteiger partial charge in [-0.1, -0.05) is 20.3 Å². The molecule has 4 atom stereocenters. The molecule has 4 unspecified atom stereocenters. The van der Waals surface area contributed by atoms with Gasteiger partial charge in [-0.2, -0.15) is 0 Å². The maximum atomic E-state index is 3.68. The van der Waals surface area contributed by atoms with Crippen LogP contribution in [-0.2, 0) is 0 Å². The smallest absolute Gasteiger partial charge is 0.0130 e. The van der Waals surface area contributed by atoms with Crippen molar-refractivity contribution < 1.29 is 0 Å². The summed E-state index contributed by atoms with van der Waals surface area (Å²) in [7, 11) is 0. The van der Waals surface area contributed by atoms with Crippen molar-refractivity contribution in [3.05, 3.63) is 0 Å². The van der Waals surface area contributed by atoms with Crippen LogP contribution in [0, 0.1) is 5.92 Å². The van der Waals surface area contributed by atoms with Gasteiger partial charge < -0.3 is 5.32 Å². The van der Waals surface area contributed by atoms with Crippen LogP contribution in [0.5, 0.6) is 0 Å². The average molecular weight is 224 g/mol. The summed E-state index contributed by atoms with van der Waals surface area (Å²) in [5.74, 6) is 1.02. The van der Waals surface area contributed by atoms with Crippen LogP contribution in [0.1, 0.15) is 52.9 Å². The zero-order valence-corrected chi connectivity index (χ0v) is 11.2. The minimum absolute atomic E-state index is 0.782. The molecule has 0 bridgehead atoms. The fourth-order valence-electron chi connectivity index (χ4n) is 3.29. The van der Waals surface area contributed by atoms with Gasteiger partial charge in [-0.05, 0) is 45.1 Å². The monoisotopic (exact) mass is 224 g/mol. The third-order valence-corrected chi connectivity index (χ3v) is 4.45. The van der Waals surface area contributed by atoms with Gasteiger partial charge >= 0.3 is 0 Å². The van der Waals surface area contributed by atoms with Gasteiger partial charge in [0, 0.05) is 24.7 Å². The van der Waals surface area contributed by atoms with Crippen molar-refractivity contribution in [2.45, 2.75) is 71.0 Å². The minimum Gasteiger partial charge on any atom is -0.314 e. The Kier molecular flexibility index (Phi) is 4.26. The molecule has 0 amide bonds. The molecular weight excluding hydrogens is 196 g/mol. The summed E-state index contributed by atoms with van der Waals surface area (Å²) in [6.45, 7) is 9.53. The summed E-state index contributed by atoms with van der Waals surface area (Å²) in [4.78, 5) is 2.78. The van der Waals surface area contributed by atoms with Gasteiger partial charge in [-0.3, -0.25) is 4.90 Å². The van der Waals surface area contributed by atoms with E-state index in [1.165, 1.54) is 45.2 Å². The number of likely N-dealkylation sites (tertiary alicyclic amines) is 1. The van der Waals surface area contributed by atoms with Gasteiger partial charge in [-0.25, -0.2) is 0 Å². The lowest BCUT2D eigenvalue weighted by molar-refractivity contribution is 0.121. The van der Waals surface area contributed by atoms with E-state index in [9.17, 15) is 0 Å². The molecule has 2 aliphatic rings. The lowest BCUT2D eigenvalue weighted by Gasteiger charge is -2.38. The molecule has 2 heteroatoms. The summed E-state index contributed by atoms with van der Waals surface area (Å²) in [5, 5.41) is 3.68. The Morgan fingerprint density at radius 2 is 2.06 bits per heavy atom. The van der Waals surface area contributed by atoms with E-state index < -0.39 is 0 Å². The van der Waals surface area contributed by atoms with E-state index in [2.05, 4.69) is 31.0 Å². The molecule has 1 aliphatic heterocycles. The molecule has 1 saturated carbocycles. The van der Waals surface area contributed by atoms with E-state index in [4.69, 9.17) is 0 Å². The molecule has 1 N–H and O–H groups in total. The Morgan fingerprint density at radius 1 is 1.25 bits per heavy atom. The van der Waals surface area contributed by atoms with Crippen molar-refractivity contribution >= 4 is 0 Å². The fraction of sp³-hybridized carbons (Fsp3) is 1.00. The van der Waals surface area contributed by atoms with Crippen LogP contribution in [0.3, 0.4) is 0 Å². The molecule has 1 aliphatic carbocycles. The quantitative estimate of drug-likeness (QED) is 0.772. The van der Waals surface area contributed by atoms with Gasteiger partial charge in [0.15, 0.2) is 0 Å². The molecule has 16 heavy (non-hydrogen) atoms. The molecule has 2 nitrogen and oxygen atoms in total. The van der Waals surface area contributed by atoms with E-state index >= 15 is 0 Å². The zero-order valence-electron chi connectivity index (χ0n) is 11.2. The summed E-state index contributed by atoms with van der Waals surface area (Å²) >= 11 is 0. The van der Waals surface area contributed by atoms with Crippen LogP contribution in [0.25, 0.3) is 0 Å². The first-order valence-electron chi connectivity index (χ1n) is 7.25. The molecular formula is C14H28N2. The Morgan fingerprint density at radius 3 is 2.62 bits per heavy atom. The number of piperidine rings is 1. The normalized spacial score (nSPS) is 39.9. The van der Waals surface area contributed by atoms with Gasteiger partial charge in [0.05, 0.1) is 0 Å². The first-order chi connectivity index (χ1) is 7.76. The van der Waals surface area contributed by atoms with Crippen molar-refractivity contribution in [3.63, 3.8) is 0 Å². The van der Waals surface area contributed by atoms with Crippen molar-refractivity contribution in [2.75, 3.05) is 13.1 Å². The minimum atomic E-state index is 0.782. The molecule has 2 fully saturated rings. The number of hydrogen-bond donors (Lipinski definition) is 1. The molecule has 94 valence electrons. The number of hydrogen-bond acceptors (Lipinski definition) is 2. The van der Waals surface area contributed by atoms with Crippen LogP contribution in [0.2, 0.25) is 0 Å². The summed E-state index contributed by atoms with van der Waals surface area (Å²) in [6.07, 6.45) is 6.82. The zero-order chi connectivity index (χ0) is 11.5. The van der Waals surface area contributed by atoms with Crippen LogP contribution >= 0.6 is 0 Å². The average Bonchev–Trinajstić information content (AvgIpc) is 3.05. The van der Waals surface area contributed by atoms with Crippen LogP contribution in [0.4, 0.5) is 0 Å². The lowest BCUT2D eigenvalue weighted by Crippen LogP contribution is -2.48. The first-order valence-corrected chi connectivity index (χ1v) is 7.25. The Hall–Kier alpha value is -0.0800. The highest BCUT2D eigenvalue weighted by Crippen LogP contribution is 2.41. The Balaban J connectivity index is 1.75. The standard InChI is InChI=1S/C14H28N2/c1-4-7-15-13-6-8-16(11(3)9-13)14-10-12(14)5-2/h11-15H,4-10H2,1-3H3. The van der Waals surface area contributed by atoms with Crippen molar-refractivity contribution in [1.82, 2.24) is 10.2 Å². The highest BCUT2D eigenvalue weighted by molar-refractivity contribution is 4.98. The van der Waals surface area contributed by atoms with Crippen molar-refractivity contribution in [1.29, 1.82) is 0 Å². The van der Waals surface area contributed by atoms with Gasteiger partial charge in [-0.15, -0.1) is 0 Å². The number of nitrogens with zero attached hydrogens (tertiary/aromatic N) is 1. The number of nitrogens with one attached hydrogen (secondary N) is 1. The van der Waals surface area contributed by atoms with Gasteiger partial charge in [0.25, 0.3) is 0 Å². The molecule has 2 rings (SSSR count). The number of rotatable bonds is 5. The SMILES string of the molecule is CCCNC1CCN(C2CC2CC)C(C)C1. The van der Waals surface area contributed by atoms with Crippen LogP contribution in [0.15, 0.2) is 0 Å². The van der Waals surface area contributed by atoms with Crippen molar-refractivity contribution in [3.8, 4) is 0 Å². The third kappa shape index (κ3) is 2.78. The predicted octanol–water partition coefficient (Wildman–Crippen LogP) is 2.64. The molecule has 1 saturated heterocycles. The highest BCUT2D eigenvalue weighted by atomic mass is 15.2. The highest BCUT2D eigenvalue weighted by Gasteiger charge is 2.43. The predicted molar refractivity (Wildman–Crippen MR) is 69.7 cm³/mol. The maximum Gasteiger partial charge on any atom is 0.0130 e. The Labute approximate surface area is 101 Å². The second-order valence-corrected chi connectivity index (χ2v) is 5.73. The maximum absolute atomic E-state index is 3.68. The second-order valence-electron chi connectivity index (χ2n) is 5.73. The first kappa shape index (κ1) is 12.4. The van der Waals surface area contributed by atoms with Crippen LogP contribution < -0.4 is 5.32 Å². The molecule has 0 spiro atoms. The molecule has 0 radical (unpaired) electrons. The topological polar surface area (TPSA) is 15.3 Å². The summed E-state index contributed by atoms with van der Waals surface area (Å²) < 4.78 is 0. The molecule has 1 heterocycles. The third-order valence-electron chi connectivity index (χ3n) is 4.45. The summed E-state index contributed by atoms with van der Waals surface area (Å²) in [5.41, 5.74) is 0. The van der Waals surface area contributed by atoms with Crippen molar-refractivity contribution in [2.24, 2.45) is 5.92 Å². The van der Waals surface area contributed by atoms with E-state index in [1.54, 1.807) is 0 Å².